The van der Waals surface area contributed by atoms with E-state index in [-0.39, 0.29) is 6.07 Å². The van der Waals surface area contributed by atoms with E-state index in [0.29, 0.717) is 0 Å². The van der Waals surface area contributed by atoms with Crippen LogP contribution in [0.5, 0.6) is 0 Å². The van der Waals surface area contributed by atoms with Gasteiger partial charge in [0.15, 0.2) is 6.10 Å². The molecule has 112 valence electrons. The highest BCUT2D eigenvalue weighted by molar-refractivity contribution is 5.75. The molecule has 1 aromatic carbocycles. The second kappa shape index (κ2) is 4.93. The summed E-state index contributed by atoms with van der Waals surface area (Å²) in [6, 6.07) is -0.661. The van der Waals surface area contributed by atoms with Crippen LogP contribution in [0.1, 0.15) is 22.8 Å². The van der Waals surface area contributed by atoms with Gasteiger partial charge in [-0.15, -0.1) is 0 Å². The molecule has 0 aliphatic carbocycles. The molecule has 0 radical (unpaired) electrons. The largest absolute Gasteiger partial charge is 0.479 e. The fourth-order valence-corrected chi connectivity index (χ4v) is 1.44. The van der Waals surface area contributed by atoms with Crippen LogP contribution in [0.15, 0.2) is 12.1 Å². The van der Waals surface area contributed by atoms with Gasteiger partial charge >= 0.3 is 18.3 Å². The van der Waals surface area contributed by atoms with Crippen molar-refractivity contribution in [2.24, 2.45) is 0 Å². The Kier molecular flexibility index (Phi) is 3.99. The molecule has 20 heavy (non-hydrogen) atoms. The van der Waals surface area contributed by atoms with Crippen molar-refractivity contribution in [2.75, 3.05) is 0 Å². The van der Waals surface area contributed by atoms with Crippen molar-refractivity contribution in [3.05, 3.63) is 34.6 Å². The first-order valence-corrected chi connectivity index (χ1v) is 4.74. The Morgan fingerprint density at radius 2 is 1.55 bits per heavy atom. The van der Waals surface area contributed by atoms with Gasteiger partial charge in [0.25, 0.3) is 0 Å². The normalized spacial score (nSPS) is 14.2. The van der Waals surface area contributed by atoms with E-state index < -0.39 is 53.0 Å². The standard InChI is InChI=1S/C10H5F7O3/c11-5-2-3(9(12,13)14)1-4(7(18)8(19)20)6(5)10(15,16)17/h1-2,7,18H,(H,19,20). The molecule has 1 aromatic rings. The smallest absolute Gasteiger partial charge is 0.419 e. The molecule has 0 saturated heterocycles. The minimum Gasteiger partial charge on any atom is -0.479 e. The van der Waals surface area contributed by atoms with Gasteiger partial charge in [-0.05, 0) is 12.1 Å². The number of carbonyl (C=O) groups is 1. The van der Waals surface area contributed by atoms with Crippen molar-refractivity contribution in [2.45, 2.75) is 18.5 Å². The number of carboxylic acid groups (broad SMARTS) is 1. The van der Waals surface area contributed by atoms with Gasteiger partial charge in [0, 0.05) is 5.56 Å². The van der Waals surface area contributed by atoms with Crippen molar-refractivity contribution in [3.8, 4) is 0 Å². The second-order valence-corrected chi connectivity index (χ2v) is 3.66. The summed E-state index contributed by atoms with van der Waals surface area (Å²) >= 11 is 0. The van der Waals surface area contributed by atoms with E-state index in [1.807, 2.05) is 0 Å². The van der Waals surface area contributed by atoms with Gasteiger partial charge in [0.1, 0.15) is 5.82 Å². The van der Waals surface area contributed by atoms with Gasteiger partial charge in [-0.2, -0.15) is 26.3 Å². The zero-order chi connectivity index (χ0) is 15.9. The number of aliphatic hydroxyl groups excluding tert-OH is 1. The topological polar surface area (TPSA) is 57.5 Å². The summed E-state index contributed by atoms with van der Waals surface area (Å²) in [5, 5.41) is 17.4. The molecular weight excluding hydrogens is 301 g/mol. The van der Waals surface area contributed by atoms with Crippen LogP contribution in [-0.4, -0.2) is 16.2 Å². The maximum atomic E-state index is 13.2. The molecule has 1 unspecified atom stereocenters. The predicted octanol–water partition coefficient (Wildman–Crippen LogP) is 2.98. The third kappa shape index (κ3) is 3.18. The number of hydrogen-bond donors (Lipinski definition) is 2. The summed E-state index contributed by atoms with van der Waals surface area (Å²) in [7, 11) is 0. The van der Waals surface area contributed by atoms with Crippen LogP contribution >= 0.6 is 0 Å². The van der Waals surface area contributed by atoms with E-state index in [2.05, 4.69) is 0 Å². The van der Waals surface area contributed by atoms with Crippen LogP contribution in [0.2, 0.25) is 0 Å². The van der Waals surface area contributed by atoms with E-state index in [1.165, 1.54) is 0 Å². The molecule has 1 atom stereocenters. The van der Waals surface area contributed by atoms with Gasteiger partial charge in [0.2, 0.25) is 0 Å². The Morgan fingerprint density at radius 3 is 1.90 bits per heavy atom. The van der Waals surface area contributed by atoms with Crippen LogP contribution in [0, 0.1) is 5.82 Å². The molecule has 0 aliphatic heterocycles. The molecule has 0 aliphatic rings. The Morgan fingerprint density at radius 1 is 1.05 bits per heavy atom. The molecule has 0 heterocycles. The summed E-state index contributed by atoms with van der Waals surface area (Å²) in [5.74, 6) is -4.56. The molecule has 0 saturated carbocycles. The first-order chi connectivity index (χ1) is 8.85. The molecule has 0 amide bonds. The van der Waals surface area contributed by atoms with E-state index in [4.69, 9.17) is 10.2 Å². The molecule has 3 nitrogen and oxygen atoms in total. The molecule has 0 bridgehead atoms. The van der Waals surface area contributed by atoms with Crippen LogP contribution in [0.3, 0.4) is 0 Å². The van der Waals surface area contributed by atoms with E-state index in [0.717, 1.165) is 0 Å². The Balaban J connectivity index is 3.65. The van der Waals surface area contributed by atoms with Crippen molar-refractivity contribution in [3.63, 3.8) is 0 Å². The van der Waals surface area contributed by atoms with Crippen molar-refractivity contribution in [1.82, 2.24) is 0 Å². The van der Waals surface area contributed by atoms with Gasteiger partial charge in [-0.25, -0.2) is 9.18 Å². The molecule has 1 rings (SSSR count). The molecule has 0 fully saturated rings. The van der Waals surface area contributed by atoms with Crippen molar-refractivity contribution >= 4 is 5.97 Å². The highest BCUT2D eigenvalue weighted by Gasteiger charge is 2.42. The maximum absolute atomic E-state index is 13.2. The lowest BCUT2D eigenvalue weighted by Gasteiger charge is -2.18. The number of halogens is 7. The number of carboxylic acids is 1. The highest BCUT2D eigenvalue weighted by Crippen LogP contribution is 2.40. The summed E-state index contributed by atoms with van der Waals surface area (Å²) in [6.07, 6.45) is -13.6. The first-order valence-electron chi connectivity index (χ1n) is 4.74. The SMILES string of the molecule is O=C(O)C(O)c1cc(C(F)(F)F)cc(F)c1C(F)(F)F. The summed E-state index contributed by atoms with van der Waals surface area (Å²) in [5.41, 5.74) is -5.80. The summed E-state index contributed by atoms with van der Waals surface area (Å²) in [6.45, 7) is 0. The molecular formula is C10H5F7O3. The lowest BCUT2D eigenvalue weighted by molar-refractivity contribution is -0.151. The van der Waals surface area contributed by atoms with Crippen LogP contribution < -0.4 is 0 Å². The number of alkyl halides is 6. The molecule has 0 spiro atoms. The lowest BCUT2D eigenvalue weighted by Crippen LogP contribution is -2.21. The van der Waals surface area contributed by atoms with Crippen LogP contribution in [0.4, 0.5) is 30.7 Å². The van der Waals surface area contributed by atoms with E-state index in [1.54, 1.807) is 0 Å². The Hall–Kier alpha value is -1.84. The minimum atomic E-state index is -5.46. The first kappa shape index (κ1) is 16.2. The zero-order valence-electron chi connectivity index (χ0n) is 9.18. The average molecular weight is 306 g/mol. The molecule has 0 aromatic heterocycles. The lowest BCUT2D eigenvalue weighted by atomic mass is 9.98. The highest BCUT2D eigenvalue weighted by atomic mass is 19.4. The van der Waals surface area contributed by atoms with Crippen LogP contribution in [-0.2, 0) is 17.1 Å². The fraction of sp³-hybridized carbons (Fsp3) is 0.300. The molecule has 2 N–H and O–H groups in total. The van der Waals surface area contributed by atoms with Gasteiger partial charge in [-0.3, -0.25) is 0 Å². The number of benzene rings is 1. The quantitative estimate of drug-likeness (QED) is 0.826. The number of hydrogen-bond acceptors (Lipinski definition) is 2. The minimum absolute atomic E-state index is 0.245. The van der Waals surface area contributed by atoms with Crippen molar-refractivity contribution in [1.29, 1.82) is 0 Å². The number of aliphatic carboxylic acids is 1. The average Bonchev–Trinajstić information content (AvgIpc) is 2.23. The Bertz CT molecular complexity index is 533. The van der Waals surface area contributed by atoms with Gasteiger partial charge in [-0.1, -0.05) is 0 Å². The third-order valence-corrected chi connectivity index (χ3v) is 2.26. The van der Waals surface area contributed by atoms with E-state index in [9.17, 15) is 35.5 Å². The summed E-state index contributed by atoms with van der Waals surface area (Å²) < 4.78 is 87.9. The van der Waals surface area contributed by atoms with Crippen molar-refractivity contribution < 1.29 is 45.7 Å². The van der Waals surface area contributed by atoms with E-state index >= 15 is 0 Å². The zero-order valence-corrected chi connectivity index (χ0v) is 9.18. The monoisotopic (exact) mass is 306 g/mol. The number of rotatable bonds is 2. The summed E-state index contributed by atoms with van der Waals surface area (Å²) in [4.78, 5) is 10.4. The third-order valence-electron chi connectivity index (χ3n) is 2.26. The Labute approximate surface area is 106 Å². The fourth-order valence-electron chi connectivity index (χ4n) is 1.44. The van der Waals surface area contributed by atoms with Gasteiger partial charge in [0.05, 0.1) is 11.1 Å². The second-order valence-electron chi connectivity index (χ2n) is 3.66. The van der Waals surface area contributed by atoms with Gasteiger partial charge < -0.3 is 10.2 Å². The van der Waals surface area contributed by atoms with Crippen LogP contribution in [0.25, 0.3) is 0 Å². The molecule has 10 heteroatoms. The number of aliphatic hydroxyl groups is 1. The maximum Gasteiger partial charge on any atom is 0.419 e. The predicted molar refractivity (Wildman–Crippen MR) is 49.0 cm³/mol.